The number of para-hydroxylation sites is 2. The monoisotopic (exact) mass is 338 g/mol. The summed E-state index contributed by atoms with van der Waals surface area (Å²) < 4.78 is 7.50. The van der Waals surface area contributed by atoms with E-state index < -0.39 is 0 Å². The van der Waals surface area contributed by atoms with E-state index in [1.54, 1.807) is 11.7 Å². The Morgan fingerprint density at radius 3 is 2.88 bits per heavy atom. The molecule has 1 aromatic heterocycles. The first kappa shape index (κ1) is 15.1. The lowest BCUT2D eigenvalue weighted by Crippen LogP contribution is -2.13. The molecule has 4 rings (SSSR count). The van der Waals surface area contributed by atoms with Crippen molar-refractivity contribution >= 4 is 29.2 Å². The predicted octanol–water partition coefficient (Wildman–Crippen LogP) is 4.46. The molecule has 0 spiro atoms. The van der Waals surface area contributed by atoms with Crippen LogP contribution in [0.2, 0.25) is 0 Å². The fraction of sp³-hybridized carbons (Fsp3) is 0.263. The lowest BCUT2D eigenvalue weighted by molar-refractivity contribution is 0.0887. The summed E-state index contributed by atoms with van der Waals surface area (Å²) >= 11 is 5.35. The Morgan fingerprint density at radius 1 is 1.29 bits per heavy atom. The molecule has 2 aromatic carbocycles. The van der Waals surface area contributed by atoms with Crippen molar-refractivity contribution in [2.75, 3.05) is 7.11 Å². The fourth-order valence-electron chi connectivity index (χ4n) is 3.34. The number of hydrogen-bond donors (Lipinski definition) is 1. The molecule has 1 fully saturated rings. The number of benzene rings is 2. The maximum atomic E-state index is 13.0. The smallest absolute Gasteiger partial charge is 0.237 e. The number of nitrogens with one attached hydrogen (secondary N) is 1. The molecule has 1 aliphatic rings. The molecule has 0 radical (unpaired) electrons. The molecule has 122 valence electrons. The van der Waals surface area contributed by atoms with Gasteiger partial charge in [-0.25, -0.2) is 0 Å². The van der Waals surface area contributed by atoms with Gasteiger partial charge >= 0.3 is 0 Å². The van der Waals surface area contributed by atoms with Gasteiger partial charge in [-0.15, -0.1) is 0 Å². The van der Waals surface area contributed by atoms with Crippen molar-refractivity contribution in [3.63, 3.8) is 0 Å². The standard InChI is InChI=1S/C19H18N2O2S/c1-11-7-8-12(9-17(11)23-2)13-10-14(13)18(22)21-16-6-4-3-5-15(16)20-19(21)24/h3-9,13-14H,10H2,1-2H3,(H,20,24). The van der Waals surface area contributed by atoms with Crippen LogP contribution < -0.4 is 4.74 Å². The van der Waals surface area contributed by atoms with E-state index >= 15 is 0 Å². The summed E-state index contributed by atoms with van der Waals surface area (Å²) in [5.74, 6) is 1.15. The third kappa shape index (κ3) is 2.36. The number of aromatic amines is 1. The van der Waals surface area contributed by atoms with Gasteiger partial charge in [0, 0.05) is 5.92 Å². The molecular weight excluding hydrogens is 320 g/mol. The number of imidazole rings is 1. The summed E-state index contributed by atoms with van der Waals surface area (Å²) in [6.45, 7) is 2.02. The minimum Gasteiger partial charge on any atom is -0.496 e. The largest absolute Gasteiger partial charge is 0.496 e. The molecular formula is C19H18N2O2S. The normalized spacial score (nSPS) is 19.4. The first-order valence-electron chi connectivity index (χ1n) is 7.98. The highest BCUT2D eigenvalue weighted by Gasteiger charge is 2.45. The topological polar surface area (TPSA) is 47.0 Å². The molecule has 2 unspecified atom stereocenters. The number of H-pyrrole nitrogens is 1. The van der Waals surface area contributed by atoms with Gasteiger partial charge in [-0.3, -0.25) is 9.36 Å². The third-order valence-corrected chi connectivity index (χ3v) is 5.06. The number of hydrogen-bond acceptors (Lipinski definition) is 3. The van der Waals surface area contributed by atoms with Gasteiger partial charge in [-0.1, -0.05) is 24.3 Å². The van der Waals surface area contributed by atoms with Gasteiger partial charge in [0.25, 0.3) is 0 Å². The number of aryl methyl sites for hydroxylation is 1. The SMILES string of the molecule is COc1cc(C2CC2C(=O)n2c(=S)[nH]c3ccccc32)ccc1C. The zero-order valence-corrected chi connectivity index (χ0v) is 14.4. The van der Waals surface area contributed by atoms with Gasteiger partial charge in [0.1, 0.15) is 5.75 Å². The highest BCUT2D eigenvalue weighted by Crippen LogP contribution is 2.49. The van der Waals surface area contributed by atoms with Crippen LogP contribution in [-0.4, -0.2) is 22.6 Å². The van der Waals surface area contributed by atoms with E-state index in [4.69, 9.17) is 17.0 Å². The van der Waals surface area contributed by atoms with Crippen molar-refractivity contribution in [3.8, 4) is 5.75 Å². The lowest BCUT2D eigenvalue weighted by atomic mass is 10.1. The first-order valence-corrected chi connectivity index (χ1v) is 8.39. The molecule has 0 saturated heterocycles. The van der Waals surface area contributed by atoms with E-state index in [1.807, 2.05) is 43.3 Å². The zero-order valence-electron chi connectivity index (χ0n) is 13.6. The van der Waals surface area contributed by atoms with E-state index in [9.17, 15) is 4.79 Å². The second-order valence-corrected chi connectivity index (χ2v) is 6.69. The van der Waals surface area contributed by atoms with E-state index in [1.165, 1.54) is 0 Å². The highest BCUT2D eigenvalue weighted by molar-refractivity contribution is 7.71. The van der Waals surface area contributed by atoms with Crippen molar-refractivity contribution in [2.45, 2.75) is 19.3 Å². The van der Waals surface area contributed by atoms with E-state index in [0.29, 0.717) is 4.77 Å². The average Bonchev–Trinajstić information content (AvgIpc) is 3.31. The van der Waals surface area contributed by atoms with Gasteiger partial charge < -0.3 is 9.72 Å². The molecule has 0 bridgehead atoms. The van der Waals surface area contributed by atoms with Crippen LogP contribution in [0.1, 0.15) is 28.3 Å². The van der Waals surface area contributed by atoms with Crippen LogP contribution in [0.5, 0.6) is 5.75 Å². The summed E-state index contributed by atoms with van der Waals surface area (Å²) in [4.78, 5) is 16.1. The number of aromatic nitrogens is 2. The van der Waals surface area contributed by atoms with Crippen molar-refractivity contribution in [2.24, 2.45) is 5.92 Å². The number of carbonyl (C=O) groups is 1. The summed E-state index contributed by atoms with van der Waals surface area (Å²) in [6.07, 6.45) is 0.854. The third-order valence-electron chi connectivity index (χ3n) is 4.78. The van der Waals surface area contributed by atoms with Crippen LogP contribution in [0.15, 0.2) is 42.5 Å². The first-order chi connectivity index (χ1) is 11.6. The van der Waals surface area contributed by atoms with Crippen LogP contribution in [0, 0.1) is 17.6 Å². The minimum atomic E-state index is -0.0247. The number of ether oxygens (including phenoxy) is 1. The maximum Gasteiger partial charge on any atom is 0.237 e. The minimum absolute atomic E-state index is 0.0247. The summed E-state index contributed by atoms with van der Waals surface area (Å²) in [7, 11) is 1.67. The number of nitrogens with zero attached hydrogens (tertiary/aromatic N) is 1. The number of carbonyl (C=O) groups excluding carboxylic acids is 1. The Morgan fingerprint density at radius 2 is 2.08 bits per heavy atom. The summed E-state index contributed by atoms with van der Waals surface area (Å²) in [5.41, 5.74) is 4.00. The Labute approximate surface area is 145 Å². The summed E-state index contributed by atoms with van der Waals surface area (Å²) in [6, 6.07) is 13.9. The van der Waals surface area contributed by atoms with Crippen LogP contribution in [0.25, 0.3) is 11.0 Å². The fourth-order valence-corrected chi connectivity index (χ4v) is 3.64. The van der Waals surface area contributed by atoms with Crippen LogP contribution >= 0.6 is 12.2 Å². The van der Waals surface area contributed by atoms with Crippen LogP contribution in [0.3, 0.4) is 0 Å². The number of methoxy groups -OCH3 is 1. The molecule has 1 aliphatic carbocycles. The summed E-state index contributed by atoms with van der Waals surface area (Å²) in [5, 5.41) is 0. The molecule has 1 N–H and O–H groups in total. The Bertz CT molecular complexity index is 1000. The quantitative estimate of drug-likeness (QED) is 0.717. The second kappa shape index (κ2) is 5.60. The van der Waals surface area contributed by atoms with Crippen LogP contribution in [-0.2, 0) is 0 Å². The van der Waals surface area contributed by atoms with Gasteiger partial charge in [-0.2, -0.15) is 0 Å². The Balaban J connectivity index is 1.65. The maximum absolute atomic E-state index is 13.0. The Kier molecular flexibility index (Phi) is 3.53. The number of rotatable bonds is 3. The van der Waals surface area contributed by atoms with E-state index in [2.05, 4.69) is 11.1 Å². The van der Waals surface area contributed by atoms with Gasteiger partial charge in [0.15, 0.2) is 4.77 Å². The molecule has 5 heteroatoms. The van der Waals surface area contributed by atoms with E-state index in [-0.39, 0.29) is 17.7 Å². The van der Waals surface area contributed by atoms with Crippen molar-refractivity contribution in [3.05, 3.63) is 58.4 Å². The molecule has 4 nitrogen and oxygen atoms in total. The molecule has 0 aliphatic heterocycles. The molecule has 1 saturated carbocycles. The molecule has 2 atom stereocenters. The molecule has 0 amide bonds. The number of fused-ring (bicyclic) bond motifs is 1. The molecule has 3 aromatic rings. The second-order valence-electron chi connectivity index (χ2n) is 6.30. The van der Waals surface area contributed by atoms with Gasteiger partial charge in [-0.05, 0) is 60.8 Å². The average molecular weight is 338 g/mol. The van der Waals surface area contributed by atoms with Crippen LogP contribution in [0.4, 0.5) is 0 Å². The zero-order chi connectivity index (χ0) is 16.8. The highest BCUT2D eigenvalue weighted by atomic mass is 32.1. The predicted molar refractivity (Wildman–Crippen MR) is 96.3 cm³/mol. The van der Waals surface area contributed by atoms with Crippen molar-refractivity contribution < 1.29 is 9.53 Å². The molecule has 1 heterocycles. The van der Waals surface area contributed by atoms with Crippen molar-refractivity contribution in [1.82, 2.24) is 9.55 Å². The van der Waals surface area contributed by atoms with Gasteiger partial charge in [0.05, 0.1) is 18.1 Å². The Hall–Kier alpha value is -2.40. The van der Waals surface area contributed by atoms with Gasteiger partial charge in [0.2, 0.25) is 5.91 Å². The van der Waals surface area contributed by atoms with Crippen molar-refractivity contribution in [1.29, 1.82) is 0 Å². The van der Waals surface area contributed by atoms with E-state index in [0.717, 1.165) is 34.3 Å². The molecule has 24 heavy (non-hydrogen) atoms. The lowest BCUT2D eigenvalue weighted by Gasteiger charge is -2.08.